The molecule has 0 fully saturated rings. The van der Waals surface area contributed by atoms with E-state index in [1.54, 1.807) is 0 Å². The molecule has 0 heterocycles. The zero-order valence-electron chi connectivity index (χ0n) is 83.2. The van der Waals surface area contributed by atoms with Gasteiger partial charge in [-0.1, -0.05) is 297 Å². The van der Waals surface area contributed by atoms with Crippen molar-refractivity contribution in [3.63, 3.8) is 0 Å². The smallest absolute Gasteiger partial charge is 0.306 e. The highest BCUT2D eigenvalue weighted by atomic mass is 31.2. The molecule has 26 nitrogen and oxygen atoms in total. The third-order valence-electron chi connectivity index (χ3n) is 22.8. The first-order valence-electron chi connectivity index (χ1n) is 52.4. The third-order valence-corrected chi connectivity index (χ3v) is 24.7. The molecule has 0 bridgehead atoms. The predicted molar refractivity (Wildman–Crippen MR) is 521 cm³/mol. The lowest BCUT2D eigenvalue weighted by atomic mass is 10.0. The van der Waals surface area contributed by atoms with Gasteiger partial charge in [0.25, 0.3) is 15.6 Å². The quantitative estimate of drug-likeness (QED) is 0.00977. The fourth-order valence-electron chi connectivity index (χ4n) is 15.0. The van der Waals surface area contributed by atoms with Crippen LogP contribution in [0.15, 0.2) is 48.6 Å². The Balaban J connectivity index is 6.22. The number of phosphoric acid groups is 2. The molecule has 9 unspecified atom stereocenters. The Bertz CT molecular complexity index is 2830. The van der Waals surface area contributed by atoms with Gasteiger partial charge in [-0.05, 0) is 154 Å². The van der Waals surface area contributed by atoms with Crippen LogP contribution in [-0.2, 0) is 79.6 Å². The van der Waals surface area contributed by atoms with E-state index in [2.05, 4.69) is 125 Å². The molecule has 28 heteroatoms. The zero-order chi connectivity index (χ0) is 95.6. The van der Waals surface area contributed by atoms with Crippen LogP contribution < -0.4 is 31.1 Å². The third kappa shape index (κ3) is 87.0. The molecule has 0 aliphatic carbocycles. The van der Waals surface area contributed by atoms with Crippen molar-refractivity contribution in [1.29, 1.82) is 0 Å². The van der Waals surface area contributed by atoms with Gasteiger partial charge in [0, 0.05) is 58.0 Å². The van der Waals surface area contributed by atoms with Crippen LogP contribution in [0.4, 0.5) is 0 Å². The molecule has 0 rings (SSSR count). The maximum absolute atomic E-state index is 14.0. The Hall–Kier alpha value is -3.79. The van der Waals surface area contributed by atoms with Crippen molar-refractivity contribution in [2.45, 2.75) is 509 Å². The van der Waals surface area contributed by atoms with E-state index in [0.29, 0.717) is 77.0 Å². The van der Waals surface area contributed by atoms with Gasteiger partial charge in [0.15, 0.2) is 12.6 Å². The molecule has 0 spiro atoms. The molecule has 7 N–H and O–H groups in total. The number of hydrogen-bond donors (Lipinski definition) is 7. The van der Waals surface area contributed by atoms with Crippen LogP contribution in [-0.4, -0.2) is 166 Å². The fourth-order valence-corrected chi connectivity index (χ4v) is 16.5. The summed E-state index contributed by atoms with van der Waals surface area (Å²) in [6, 6.07) is -1.92. The van der Waals surface area contributed by atoms with Crippen molar-refractivity contribution >= 4 is 45.3 Å². The van der Waals surface area contributed by atoms with Gasteiger partial charge in [-0.3, -0.25) is 38.4 Å². The molecule has 764 valence electrons. The first kappa shape index (κ1) is 126. The molecule has 130 heavy (non-hydrogen) atoms. The Labute approximate surface area is 790 Å². The SMILES string of the molecule is CCCCCC/C=C\CCCC(=O)OC(CCCCCCC)CCOCC(COP(=O)([O-])OCCNC(=O)CCC(=O)NCCOP(=O)([O-])OCC(COCCC(CCCCCCC)OC(=O)CCC/C=C\CCCCCC)NC(O)C[C@@H](CCCCCCC)OC(O)CCC/C=C\CCCCCC)NC(=O)C[C@@H](CCCCCCC)OC(O)CCC/C=C\CCCCCC. The van der Waals surface area contributed by atoms with E-state index < -0.39 is 115 Å². The number of ether oxygens (including phenoxy) is 6. The summed E-state index contributed by atoms with van der Waals surface area (Å²) in [4.78, 5) is 93.0. The zero-order valence-corrected chi connectivity index (χ0v) is 85.0. The van der Waals surface area contributed by atoms with Gasteiger partial charge >= 0.3 is 11.9 Å². The minimum atomic E-state index is -5.09. The maximum atomic E-state index is 14.0. The lowest BCUT2D eigenvalue weighted by Crippen LogP contribution is -2.46. The summed E-state index contributed by atoms with van der Waals surface area (Å²) < 4.78 is 84.5. The van der Waals surface area contributed by atoms with Crippen LogP contribution in [0.2, 0.25) is 0 Å². The first-order chi connectivity index (χ1) is 63.1. The summed E-state index contributed by atoms with van der Waals surface area (Å²) in [6.45, 7) is 14.6. The summed E-state index contributed by atoms with van der Waals surface area (Å²) in [5.74, 6) is -2.23. The van der Waals surface area contributed by atoms with E-state index in [1.165, 1.54) is 77.0 Å². The van der Waals surface area contributed by atoms with Crippen LogP contribution in [0.3, 0.4) is 0 Å². The number of rotatable bonds is 100. The highest BCUT2D eigenvalue weighted by molar-refractivity contribution is 7.46. The minimum absolute atomic E-state index is 0.0709. The molecule has 0 saturated heterocycles. The van der Waals surface area contributed by atoms with E-state index >= 15 is 0 Å². The van der Waals surface area contributed by atoms with Gasteiger partial charge in [-0.15, -0.1) is 0 Å². The lowest BCUT2D eigenvalue weighted by Gasteiger charge is -2.29. The van der Waals surface area contributed by atoms with E-state index in [1.807, 2.05) is 0 Å². The van der Waals surface area contributed by atoms with E-state index in [4.69, 9.17) is 46.5 Å². The molecule has 3 amide bonds. The number of phosphoric ester groups is 2. The number of carbonyl (C=O) groups is 5. The molecule has 0 aromatic carbocycles. The van der Waals surface area contributed by atoms with E-state index in [9.17, 15) is 58.2 Å². The summed E-state index contributed by atoms with van der Waals surface area (Å²) in [6.07, 6.45) is 65.3. The van der Waals surface area contributed by atoms with Crippen LogP contribution >= 0.6 is 15.6 Å². The normalized spacial score (nSPS) is 15.1. The fraction of sp³-hybridized carbons (Fsp3) is 0.873. The average molecular weight is 1890 g/mol. The highest BCUT2D eigenvalue weighted by Gasteiger charge is 2.27. The number of amides is 3. The summed E-state index contributed by atoms with van der Waals surface area (Å²) >= 11 is 0. The number of allylic oxidation sites excluding steroid dienone is 8. The van der Waals surface area contributed by atoms with Crippen molar-refractivity contribution < 1.29 is 105 Å². The topological polar surface area (TPSA) is 367 Å². The number of esters is 2. The van der Waals surface area contributed by atoms with Gasteiger partial charge in [-0.2, -0.15) is 0 Å². The van der Waals surface area contributed by atoms with E-state index in [0.717, 1.165) is 212 Å². The van der Waals surface area contributed by atoms with E-state index in [-0.39, 0.29) is 83.6 Å². The van der Waals surface area contributed by atoms with Gasteiger partial charge in [0.05, 0.1) is 83.6 Å². The molecular weight excluding hydrogens is 1700 g/mol. The largest absolute Gasteiger partial charge is 0.756 e. The molecule has 0 aromatic heterocycles. The molecule has 0 aliphatic heterocycles. The Morgan fingerprint density at radius 3 is 0.992 bits per heavy atom. The Kier molecular flexibility index (Phi) is 90.2. The first-order valence-corrected chi connectivity index (χ1v) is 55.3. The predicted octanol–water partition coefficient (Wildman–Crippen LogP) is 22.8. The number of carbonyl (C=O) groups excluding carboxylic acids is 5. The second kappa shape index (κ2) is 92.9. The van der Waals surface area contributed by atoms with Gasteiger partial charge < -0.3 is 87.6 Å². The van der Waals surface area contributed by atoms with Crippen molar-refractivity contribution in [2.24, 2.45) is 0 Å². The van der Waals surface area contributed by atoms with Crippen LogP contribution in [0.25, 0.3) is 0 Å². The second-order valence-electron chi connectivity index (χ2n) is 35.6. The van der Waals surface area contributed by atoms with Crippen molar-refractivity contribution in [1.82, 2.24) is 21.3 Å². The molecule has 0 radical (unpaired) electrons. The molecule has 0 aliphatic rings. The van der Waals surface area contributed by atoms with Crippen LogP contribution in [0.1, 0.15) is 453 Å². The summed E-state index contributed by atoms with van der Waals surface area (Å²) in [5.41, 5.74) is 0. The maximum Gasteiger partial charge on any atom is 0.306 e. The number of aliphatic hydroxyl groups is 3. The summed E-state index contributed by atoms with van der Waals surface area (Å²) in [7, 11) is -10.1. The highest BCUT2D eigenvalue weighted by Crippen LogP contribution is 2.39. The van der Waals surface area contributed by atoms with Crippen molar-refractivity contribution in [2.75, 3.05) is 65.9 Å². The number of unbranched alkanes of at least 4 members (excludes halogenated alkanes) is 36. The number of hydrogen-bond acceptors (Lipinski definition) is 23. The minimum Gasteiger partial charge on any atom is -0.756 e. The molecule has 11 atom stereocenters. The van der Waals surface area contributed by atoms with Gasteiger partial charge in [0.2, 0.25) is 17.7 Å². The van der Waals surface area contributed by atoms with Crippen LogP contribution in [0, 0.1) is 0 Å². The lowest BCUT2D eigenvalue weighted by molar-refractivity contribution is -0.227. The molecule has 0 aromatic rings. The van der Waals surface area contributed by atoms with Crippen molar-refractivity contribution in [3.8, 4) is 0 Å². The number of aliphatic hydroxyl groups excluding tert-OH is 3. The standard InChI is InChI=1S/C102H194N4O22P2/c1-9-17-25-33-37-41-45-53-61-69-99(111)125-91(65-57-49-29-21-13-5)75-79-119-85-89(105-97(109)83-93(67-59-51-31-23-15-7)127-101(113)71-63-55-47-43-39-35-27-19-11-3)87-123-129(115,116)121-81-77-103-95(107)73-74-96(108)104-78-82-122-130(117,118)124-88-90(86-120-80-76-92(66-58-50-30-22-14-6)126-100(112)70-62-54-46-42-38-34-26-18-10-2)106-98(110)84-94(68-60-52-32-24-16-8)128-102(114)72-64-56-48-44-40-36-28-20-12-4/h41-48,89-94,97,101-102,105,109,113-114H,9-40,49-88H2,1-8H3,(H,103,107)(H,104,108)(H,106,110)(H,115,116)(H,117,118)/p-2/b45-41-,46-42-,47-43-,48-44-/t89?,90?,91?,92?,93-,94-,97?,101?,102?/m1/s1. The molecule has 0 saturated carbocycles. The Morgan fingerprint density at radius 2 is 0.623 bits per heavy atom. The van der Waals surface area contributed by atoms with Gasteiger partial charge in [-0.25, -0.2) is 0 Å². The van der Waals surface area contributed by atoms with Crippen LogP contribution in [0.5, 0.6) is 0 Å². The van der Waals surface area contributed by atoms with Crippen molar-refractivity contribution in [3.05, 3.63) is 48.6 Å². The average Bonchev–Trinajstić information content (AvgIpc) is 0.905. The van der Waals surface area contributed by atoms with Gasteiger partial charge in [0.1, 0.15) is 18.4 Å². The Morgan fingerprint density at radius 1 is 0.315 bits per heavy atom. The number of nitrogens with one attached hydrogen (secondary N) is 4. The molecular formula is C102H192N4O22P2-2. The summed E-state index contributed by atoms with van der Waals surface area (Å²) in [5, 5.41) is 44.9. The second-order valence-corrected chi connectivity index (χ2v) is 38.4. The monoisotopic (exact) mass is 1890 g/mol.